The first-order valence-corrected chi connectivity index (χ1v) is 5.02. The first-order valence-electron chi connectivity index (χ1n) is 5.02. The number of aryl methyl sites for hydroxylation is 1. The first-order chi connectivity index (χ1) is 6.52. The molecule has 0 radical (unpaired) electrons. The summed E-state index contributed by atoms with van der Waals surface area (Å²) >= 11 is 0. The second-order valence-corrected chi connectivity index (χ2v) is 4.17. The van der Waals surface area contributed by atoms with Gasteiger partial charge in [0.2, 0.25) is 0 Å². The number of rotatable bonds is 3. The lowest BCUT2D eigenvalue weighted by Gasteiger charge is -2.22. The third kappa shape index (κ3) is 3.82. The molecule has 0 bridgehead atoms. The van der Waals surface area contributed by atoms with Crippen LogP contribution >= 0.6 is 12.4 Å². The molecule has 2 atom stereocenters. The minimum atomic E-state index is -0.475. The molecule has 0 aliphatic carbocycles. The van der Waals surface area contributed by atoms with Crippen LogP contribution in [0.2, 0.25) is 0 Å². The molecule has 0 unspecified atom stereocenters. The summed E-state index contributed by atoms with van der Waals surface area (Å²) in [5.74, 6) is 0.186. The second-order valence-electron chi connectivity index (χ2n) is 4.17. The zero-order chi connectivity index (χ0) is 10.7. The van der Waals surface area contributed by atoms with Crippen molar-refractivity contribution in [2.24, 2.45) is 11.7 Å². The molecule has 0 fully saturated rings. The molecule has 0 aliphatic rings. The van der Waals surface area contributed by atoms with Gasteiger partial charge < -0.3 is 10.8 Å². The third-order valence-electron chi connectivity index (χ3n) is 2.48. The lowest BCUT2D eigenvalue weighted by atomic mass is 9.94. The molecule has 2 nitrogen and oxygen atoms in total. The predicted octanol–water partition coefficient (Wildman–Crippen LogP) is 2.43. The van der Waals surface area contributed by atoms with Gasteiger partial charge in [-0.05, 0) is 18.4 Å². The summed E-state index contributed by atoms with van der Waals surface area (Å²) in [7, 11) is 0. The van der Waals surface area contributed by atoms with E-state index >= 15 is 0 Å². The van der Waals surface area contributed by atoms with E-state index in [9.17, 15) is 5.11 Å². The van der Waals surface area contributed by atoms with Gasteiger partial charge in [-0.25, -0.2) is 0 Å². The Kier molecular flexibility index (Phi) is 5.88. The van der Waals surface area contributed by atoms with E-state index in [1.54, 1.807) is 0 Å². The van der Waals surface area contributed by atoms with Crippen LogP contribution in [-0.2, 0) is 0 Å². The van der Waals surface area contributed by atoms with E-state index in [1.165, 1.54) is 5.56 Å². The molecule has 1 aromatic rings. The Morgan fingerprint density at radius 2 is 1.87 bits per heavy atom. The summed E-state index contributed by atoms with van der Waals surface area (Å²) in [4.78, 5) is 0. The van der Waals surface area contributed by atoms with Crippen molar-refractivity contribution in [3.63, 3.8) is 0 Å². The van der Waals surface area contributed by atoms with Crippen LogP contribution in [0.4, 0.5) is 0 Å². The average molecular weight is 230 g/mol. The molecule has 0 saturated carbocycles. The van der Waals surface area contributed by atoms with Gasteiger partial charge in [0, 0.05) is 0 Å². The Balaban J connectivity index is 0.00000196. The fraction of sp³-hybridized carbons (Fsp3) is 0.500. The molecule has 86 valence electrons. The van der Waals surface area contributed by atoms with Gasteiger partial charge in [-0.1, -0.05) is 43.7 Å². The smallest absolute Gasteiger partial charge is 0.0755 e. The number of hydrogen-bond acceptors (Lipinski definition) is 2. The van der Waals surface area contributed by atoms with Gasteiger partial charge in [0.15, 0.2) is 0 Å². The van der Waals surface area contributed by atoms with Crippen molar-refractivity contribution in [1.29, 1.82) is 0 Å². The fourth-order valence-corrected chi connectivity index (χ4v) is 1.49. The zero-order valence-electron chi connectivity index (χ0n) is 9.47. The highest BCUT2D eigenvalue weighted by atomic mass is 35.5. The van der Waals surface area contributed by atoms with E-state index in [2.05, 4.69) is 0 Å². The van der Waals surface area contributed by atoms with Crippen molar-refractivity contribution in [3.8, 4) is 0 Å². The Hall–Kier alpha value is -0.570. The van der Waals surface area contributed by atoms with E-state index in [-0.39, 0.29) is 24.4 Å². The second kappa shape index (κ2) is 6.11. The SMILES string of the molecule is Cc1cccc([C@@H](N)[C@@H](O)C(C)C)c1.Cl. The number of benzene rings is 1. The normalized spacial score (nSPS) is 14.5. The standard InChI is InChI=1S/C12H19NO.ClH/c1-8(2)12(14)11(13)10-6-4-5-9(3)7-10;/h4-8,11-12,14H,13H2,1-3H3;1H/t11-,12+;/m1./s1. The Morgan fingerprint density at radius 3 is 2.33 bits per heavy atom. The molecule has 0 aromatic heterocycles. The number of halogens is 1. The highest BCUT2D eigenvalue weighted by molar-refractivity contribution is 5.85. The van der Waals surface area contributed by atoms with E-state index < -0.39 is 6.10 Å². The molecule has 15 heavy (non-hydrogen) atoms. The first kappa shape index (κ1) is 14.4. The predicted molar refractivity (Wildman–Crippen MR) is 66.2 cm³/mol. The topological polar surface area (TPSA) is 46.2 Å². The number of nitrogens with two attached hydrogens (primary N) is 1. The maximum Gasteiger partial charge on any atom is 0.0755 e. The lowest BCUT2D eigenvalue weighted by Crippen LogP contribution is -2.30. The summed E-state index contributed by atoms with van der Waals surface area (Å²) in [6.45, 7) is 5.97. The zero-order valence-corrected chi connectivity index (χ0v) is 10.3. The van der Waals surface area contributed by atoms with E-state index in [0.29, 0.717) is 0 Å². The van der Waals surface area contributed by atoms with Crippen LogP contribution in [0.3, 0.4) is 0 Å². The van der Waals surface area contributed by atoms with Crippen molar-refractivity contribution in [3.05, 3.63) is 35.4 Å². The van der Waals surface area contributed by atoms with Gasteiger partial charge in [0.1, 0.15) is 0 Å². The minimum Gasteiger partial charge on any atom is -0.391 e. The fourth-order valence-electron chi connectivity index (χ4n) is 1.49. The summed E-state index contributed by atoms with van der Waals surface area (Å²) in [6.07, 6.45) is -0.475. The van der Waals surface area contributed by atoms with Crippen molar-refractivity contribution >= 4 is 12.4 Å². The summed E-state index contributed by atoms with van der Waals surface area (Å²) in [5.41, 5.74) is 8.14. The van der Waals surface area contributed by atoms with Gasteiger partial charge in [-0.15, -0.1) is 12.4 Å². The Bertz CT molecular complexity index is 301. The molecule has 1 aromatic carbocycles. The van der Waals surface area contributed by atoms with E-state index in [4.69, 9.17) is 5.73 Å². The van der Waals surface area contributed by atoms with Gasteiger partial charge in [0.05, 0.1) is 12.1 Å². The van der Waals surface area contributed by atoms with E-state index in [1.807, 2.05) is 45.0 Å². The lowest BCUT2D eigenvalue weighted by molar-refractivity contribution is 0.0979. The molecule has 0 spiro atoms. The van der Waals surface area contributed by atoms with Gasteiger partial charge >= 0.3 is 0 Å². The maximum atomic E-state index is 9.81. The molecule has 0 aliphatic heterocycles. The minimum absolute atomic E-state index is 0. The van der Waals surface area contributed by atoms with Gasteiger partial charge in [-0.2, -0.15) is 0 Å². The molecule has 0 heterocycles. The van der Waals surface area contributed by atoms with Crippen LogP contribution in [0.25, 0.3) is 0 Å². The number of hydrogen-bond donors (Lipinski definition) is 2. The van der Waals surface area contributed by atoms with Crippen LogP contribution in [0.1, 0.15) is 31.0 Å². The number of aliphatic hydroxyl groups excluding tert-OH is 1. The van der Waals surface area contributed by atoms with Gasteiger partial charge in [0.25, 0.3) is 0 Å². The molecule has 3 heteroatoms. The maximum absolute atomic E-state index is 9.81. The largest absolute Gasteiger partial charge is 0.391 e. The third-order valence-corrected chi connectivity index (χ3v) is 2.48. The van der Waals surface area contributed by atoms with E-state index in [0.717, 1.165) is 5.56 Å². The monoisotopic (exact) mass is 229 g/mol. The molecule has 3 N–H and O–H groups in total. The number of aliphatic hydroxyl groups is 1. The van der Waals surface area contributed by atoms with Crippen LogP contribution in [-0.4, -0.2) is 11.2 Å². The van der Waals surface area contributed by atoms with Crippen LogP contribution in [0.5, 0.6) is 0 Å². The summed E-state index contributed by atoms with van der Waals surface area (Å²) in [5, 5.41) is 9.81. The summed E-state index contributed by atoms with van der Waals surface area (Å²) in [6, 6.07) is 7.70. The Morgan fingerprint density at radius 1 is 1.27 bits per heavy atom. The quantitative estimate of drug-likeness (QED) is 0.837. The van der Waals surface area contributed by atoms with Crippen LogP contribution in [0, 0.1) is 12.8 Å². The molecule has 0 saturated heterocycles. The van der Waals surface area contributed by atoms with Crippen LogP contribution < -0.4 is 5.73 Å². The molecule has 0 amide bonds. The highest BCUT2D eigenvalue weighted by Gasteiger charge is 2.19. The van der Waals surface area contributed by atoms with Crippen molar-refractivity contribution in [1.82, 2.24) is 0 Å². The molecular weight excluding hydrogens is 210 g/mol. The summed E-state index contributed by atoms with van der Waals surface area (Å²) < 4.78 is 0. The average Bonchev–Trinajstić information content (AvgIpc) is 2.15. The van der Waals surface area contributed by atoms with Gasteiger partial charge in [-0.3, -0.25) is 0 Å². The van der Waals surface area contributed by atoms with Crippen molar-refractivity contribution in [2.75, 3.05) is 0 Å². The van der Waals surface area contributed by atoms with Crippen molar-refractivity contribution in [2.45, 2.75) is 32.9 Å². The molecular formula is C12H20ClNO. The molecule has 1 rings (SSSR count). The van der Waals surface area contributed by atoms with Crippen molar-refractivity contribution < 1.29 is 5.11 Å². The highest BCUT2D eigenvalue weighted by Crippen LogP contribution is 2.20. The Labute approximate surface area is 97.9 Å². The van der Waals surface area contributed by atoms with Crippen LogP contribution in [0.15, 0.2) is 24.3 Å².